The summed E-state index contributed by atoms with van der Waals surface area (Å²) in [5.74, 6) is -0.914. The zero-order chi connectivity index (χ0) is 23.5. The Balaban J connectivity index is 1.78. The minimum absolute atomic E-state index is 0.140. The molecule has 0 radical (unpaired) electrons. The third-order valence-corrected chi connectivity index (χ3v) is 7.79. The molecule has 1 unspecified atom stereocenters. The normalized spacial score (nSPS) is 24.7. The number of H-pyrrole nitrogens is 1. The molecule has 2 aliphatic rings. The van der Waals surface area contributed by atoms with Crippen LogP contribution < -0.4 is 5.32 Å². The van der Waals surface area contributed by atoms with E-state index < -0.39 is 36.2 Å². The van der Waals surface area contributed by atoms with Crippen LogP contribution in [0.25, 0.3) is 43.6 Å². The van der Waals surface area contributed by atoms with Crippen molar-refractivity contribution in [1.82, 2.24) is 14.9 Å². The molecule has 3 heterocycles. The third-order valence-electron chi connectivity index (χ3n) is 7.29. The third kappa shape index (κ3) is 2.37. The van der Waals surface area contributed by atoms with Gasteiger partial charge in [0.1, 0.15) is 12.2 Å². The standard InChI is InChI=1S/C25H18BrN3O5/c26-9-5-6-13-11(7-9)17-19-18(24(33)28-25(19)34)16-10-3-1-2-4-12(10)27-20(16)21(17)29(13)14-8-15(30)23(32)22(14)31/h1-7,14-15,22-23,27,30-32H,8H2,(H,28,33,34)/t14?,15-,22-,23+/m0/s1. The molecule has 1 aliphatic carbocycles. The molecule has 4 atom stereocenters. The van der Waals surface area contributed by atoms with Crippen LogP contribution in [0.15, 0.2) is 46.9 Å². The first-order valence-electron chi connectivity index (χ1n) is 11.0. The zero-order valence-corrected chi connectivity index (χ0v) is 19.1. The fraction of sp³-hybridized carbons (Fsp3) is 0.200. The highest BCUT2D eigenvalue weighted by atomic mass is 79.9. The van der Waals surface area contributed by atoms with E-state index in [1.165, 1.54) is 0 Å². The van der Waals surface area contributed by atoms with Gasteiger partial charge in [0.2, 0.25) is 0 Å². The van der Waals surface area contributed by atoms with Crippen molar-refractivity contribution in [2.45, 2.75) is 30.8 Å². The summed E-state index contributed by atoms with van der Waals surface area (Å²) in [6, 6.07) is 12.5. The molecule has 7 rings (SSSR count). The Morgan fingerprint density at radius 1 is 0.912 bits per heavy atom. The predicted octanol–water partition coefficient (Wildman–Crippen LogP) is 3.10. The monoisotopic (exact) mass is 519 g/mol. The van der Waals surface area contributed by atoms with Crippen LogP contribution >= 0.6 is 15.9 Å². The van der Waals surface area contributed by atoms with Gasteiger partial charge in [0.15, 0.2) is 0 Å². The number of hydrogen-bond donors (Lipinski definition) is 5. The van der Waals surface area contributed by atoms with Crippen molar-refractivity contribution in [2.24, 2.45) is 0 Å². The molecule has 1 aliphatic heterocycles. The summed E-state index contributed by atoms with van der Waals surface area (Å²) < 4.78 is 2.69. The van der Waals surface area contributed by atoms with E-state index in [0.29, 0.717) is 32.9 Å². The number of fused-ring (bicyclic) bond motifs is 10. The summed E-state index contributed by atoms with van der Waals surface area (Å²) in [7, 11) is 0. The molecule has 5 aromatic rings. The second-order valence-electron chi connectivity index (χ2n) is 9.06. The molecule has 0 bridgehead atoms. The number of aliphatic hydroxyl groups is 3. The molecule has 34 heavy (non-hydrogen) atoms. The van der Waals surface area contributed by atoms with Gasteiger partial charge in [-0.3, -0.25) is 14.9 Å². The second-order valence-corrected chi connectivity index (χ2v) is 9.98. The van der Waals surface area contributed by atoms with Crippen LogP contribution in [-0.4, -0.2) is 55.0 Å². The summed E-state index contributed by atoms with van der Waals surface area (Å²) in [6.07, 6.45) is -3.44. The number of hydrogen-bond acceptors (Lipinski definition) is 5. The molecular formula is C25H18BrN3O5. The maximum absolute atomic E-state index is 13.1. The number of amides is 2. The second kappa shape index (κ2) is 6.67. The molecule has 2 amide bonds. The first-order valence-corrected chi connectivity index (χ1v) is 11.8. The fourth-order valence-corrected chi connectivity index (χ4v) is 6.24. The molecule has 0 saturated heterocycles. The van der Waals surface area contributed by atoms with E-state index >= 15 is 0 Å². The zero-order valence-electron chi connectivity index (χ0n) is 17.5. The van der Waals surface area contributed by atoms with Gasteiger partial charge in [-0.2, -0.15) is 0 Å². The average molecular weight is 520 g/mol. The highest BCUT2D eigenvalue weighted by molar-refractivity contribution is 9.10. The summed E-state index contributed by atoms with van der Waals surface area (Å²) in [5, 5.41) is 36.8. The Labute approximate surface area is 199 Å². The minimum atomic E-state index is -1.29. The highest BCUT2D eigenvalue weighted by Gasteiger charge is 2.44. The Bertz CT molecular complexity index is 1740. The molecule has 0 spiro atoms. The van der Waals surface area contributed by atoms with Crippen LogP contribution in [0.1, 0.15) is 33.2 Å². The van der Waals surface area contributed by atoms with E-state index in [9.17, 15) is 24.9 Å². The number of para-hydroxylation sites is 1. The van der Waals surface area contributed by atoms with Crippen molar-refractivity contribution >= 4 is 71.4 Å². The van der Waals surface area contributed by atoms with Gasteiger partial charge in [-0.1, -0.05) is 34.1 Å². The average Bonchev–Trinajstić information content (AvgIpc) is 3.50. The summed E-state index contributed by atoms with van der Waals surface area (Å²) in [6.45, 7) is 0. The number of imide groups is 1. The van der Waals surface area contributed by atoms with Crippen LogP contribution in [0.5, 0.6) is 0 Å². The molecule has 8 nitrogen and oxygen atoms in total. The van der Waals surface area contributed by atoms with Crippen LogP contribution in [-0.2, 0) is 0 Å². The Morgan fingerprint density at radius 2 is 1.65 bits per heavy atom. The SMILES string of the molecule is O=C1NC(=O)c2c1c1c3ccccc3[nH]c1c1c2c2cc(Br)ccc2n1C1C[C@H](O)[C@@H](O)[C@H]1O. The lowest BCUT2D eigenvalue weighted by atomic mass is 9.96. The molecule has 1 saturated carbocycles. The number of carbonyl (C=O) groups excluding carboxylic acids is 2. The minimum Gasteiger partial charge on any atom is -0.390 e. The lowest BCUT2D eigenvalue weighted by molar-refractivity contribution is -0.0241. The van der Waals surface area contributed by atoms with Crippen LogP contribution in [0.3, 0.4) is 0 Å². The lowest BCUT2D eigenvalue weighted by Crippen LogP contribution is -2.31. The summed E-state index contributed by atoms with van der Waals surface area (Å²) >= 11 is 3.51. The van der Waals surface area contributed by atoms with Crippen LogP contribution in [0.2, 0.25) is 0 Å². The van der Waals surface area contributed by atoms with E-state index in [0.717, 1.165) is 26.3 Å². The van der Waals surface area contributed by atoms with E-state index in [1.807, 2.05) is 47.0 Å². The van der Waals surface area contributed by atoms with Crippen molar-refractivity contribution in [2.75, 3.05) is 0 Å². The Hall–Kier alpha value is -3.24. The predicted molar refractivity (Wildman–Crippen MR) is 130 cm³/mol. The summed E-state index contributed by atoms with van der Waals surface area (Å²) in [4.78, 5) is 29.6. The number of aromatic nitrogens is 2. The quantitative estimate of drug-likeness (QED) is 0.217. The topological polar surface area (TPSA) is 128 Å². The molecule has 1 fully saturated rings. The van der Waals surface area contributed by atoms with Crippen LogP contribution in [0.4, 0.5) is 0 Å². The largest absolute Gasteiger partial charge is 0.390 e. The van der Waals surface area contributed by atoms with Crippen molar-refractivity contribution in [3.63, 3.8) is 0 Å². The molecule has 3 aromatic carbocycles. The Kier molecular flexibility index (Phi) is 3.95. The number of benzene rings is 3. The highest BCUT2D eigenvalue weighted by Crippen LogP contribution is 2.47. The van der Waals surface area contributed by atoms with Gasteiger partial charge in [-0.05, 0) is 30.7 Å². The number of halogens is 1. The number of nitrogens with one attached hydrogen (secondary N) is 2. The van der Waals surface area contributed by atoms with Gasteiger partial charge in [0.05, 0.1) is 34.3 Å². The first-order chi connectivity index (χ1) is 16.4. The molecular weight excluding hydrogens is 502 g/mol. The van der Waals surface area contributed by atoms with E-state index in [4.69, 9.17) is 0 Å². The van der Waals surface area contributed by atoms with Gasteiger partial charge in [0, 0.05) is 37.1 Å². The maximum Gasteiger partial charge on any atom is 0.259 e. The van der Waals surface area contributed by atoms with Gasteiger partial charge < -0.3 is 24.9 Å². The van der Waals surface area contributed by atoms with Crippen molar-refractivity contribution < 1.29 is 24.9 Å². The summed E-state index contributed by atoms with van der Waals surface area (Å²) in [5.41, 5.74) is 3.47. The Morgan fingerprint density at radius 3 is 2.38 bits per heavy atom. The molecule has 5 N–H and O–H groups in total. The van der Waals surface area contributed by atoms with Gasteiger partial charge in [0.25, 0.3) is 11.8 Å². The lowest BCUT2D eigenvalue weighted by Gasteiger charge is -2.21. The van der Waals surface area contributed by atoms with Gasteiger partial charge in [-0.15, -0.1) is 0 Å². The smallest absolute Gasteiger partial charge is 0.259 e. The van der Waals surface area contributed by atoms with Crippen molar-refractivity contribution in [3.05, 3.63) is 58.1 Å². The molecule has 2 aromatic heterocycles. The molecule has 170 valence electrons. The number of aromatic amines is 1. The number of nitrogens with zero attached hydrogens (tertiary/aromatic N) is 1. The fourth-order valence-electron chi connectivity index (χ4n) is 5.88. The van der Waals surface area contributed by atoms with E-state index in [-0.39, 0.29) is 6.42 Å². The van der Waals surface area contributed by atoms with Crippen molar-refractivity contribution in [1.29, 1.82) is 0 Å². The number of aliphatic hydroxyl groups excluding tert-OH is 3. The van der Waals surface area contributed by atoms with E-state index in [2.05, 4.69) is 26.2 Å². The maximum atomic E-state index is 13.1. The first kappa shape index (κ1) is 20.2. The number of rotatable bonds is 1. The van der Waals surface area contributed by atoms with E-state index in [1.54, 1.807) is 0 Å². The van der Waals surface area contributed by atoms with Gasteiger partial charge in [-0.25, -0.2) is 0 Å². The molecule has 9 heteroatoms. The van der Waals surface area contributed by atoms with Crippen molar-refractivity contribution in [3.8, 4) is 0 Å². The number of carbonyl (C=O) groups is 2. The van der Waals surface area contributed by atoms with Crippen LogP contribution in [0, 0.1) is 0 Å². The van der Waals surface area contributed by atoms with Gasteiger partial charge >= 0.3 is 0 Å².